The van der Waals surface area contributed by atoms with E-state index < -0.39 is 28.5 Å². The number of carbonyl (C=O) groups is 2. The largest absolute Gasteiger partial charge is 0.352 e. The van der Waals surface area contributed by atoms with E-state index in [2.05, 4.69) is 5.32 Å². The predicted octanol–water partition coefficient (Wildman–Crippen LogP) is 5.83. The molecule has 0 radical (unpaired) electrons. The Labute approximate surface area is 240 Å². The minimum absolute atomic E-state index is 0.0334. The topological polar surface area (TPSA) is 86.8 Å². The number of halogens is 2. The van der Waals surface area contributed by atoms with E-state index in [0.717, 1.165) is 9.87 Å². The lowest BCUT2D eigenvalue weighted by Gasteiger charge is -2.34. The lowest BCUT2D eigenvalue weighted by atomic mass is 10.1. The zero-order chi connectivity index (χ0) is 28.7. The van der Waals surface area contributed by atoms with Gasteiger partial charge < -0.3 is 10.2 Å². The van der Waals surface area contributed by atoms with Crippen molar-refractivity contribution in [3.8, 4) is 0 Å². The number of nitrogens with one attached hydrogen (secondary N) is 1. The first kappa shape index (κ1) is 30.5. The van der Waals surface area contributed by atoms with Gasteiger partial charge in [-0.2, -0.15) is 0 Å². The number of anilines is 1. The van der Waals surface area contributed by atoms with Crippen LogP contribution < -0.4 is 9.62 Å². The lowest BCUT2D eigenvalue weighted by Crippen LogP contribution is -2.53. The average Bonchev–Trinajstić information content (AvgIpc) is 2.90. The van der Waals surface area contributed by atoms with Gasteiger partial charge in [0.2, 0.25) is 11.8 Å². The third-order valence-corrected chi connectivity index (χ3v) is 8.64. The maximum absolute atomic E-state index is 14.0. The highest BCUT2D eigenvalue weighted by Gasteiger charge is 2.34. The van der Waals surface area contributed by atoms with Crippen molar-refractivity contribution in [2.75, 3.05) is 10.8 Å². The Balaban J connectivity index is 2.09. The van der Waals surface area contributed by atoms with E-state index in [1.807, 2.05) is 20.8 Å². The molecule has 0 saturated carbocycles. The molecule has 3 aromatic rings. The molecule has 39 heavy (non-hydrogen) atoms. The summed E-state index contributed by atoms with van der Waals surface area (Å²) >= 11 is 12.4. The highest BCUT2D eigenvalue weighted by Crippen LogP contribution is 2.31. The van der Waals surface area contributed by atoms with Crippen LogP contribution in [0.3, 0.4) is 0 Å². The molecule has 0 unspecified atom stereocenters. The molecule has 0 saturated heterocycles. The third-order valence-electron chi connectivity index (χ3n) is 6.20. The number of carbonyl (C=O) groups excluding carboxylic acids is 2. The molecule has 0 fully saturated rings. The van der Waals surface area contributed by atoms with Crippen molar-refractivity contribution < 1.29 is 18.0 Å². The van der Waals surface area contributed by atoms with Crippen LogP contribution >= 0.6 is 23.2 Å². The highest BCUT2D eigenvalue weighted by atomic mass is 35.5. The Kier molecular flexibility index (Phi) is 10.4. The summed E-state index contributed by atoms with van der Waals surface area (Å²) in [5.41, 5.74) is 1.55. The molecule has 0 spiro atoms. The van der Waals surface area contributed by atoms with E-state index >= 15 is 0 Å². The summed E-state index contributed by atoms with van der Waals surface area (Å²) in [4.78, 5) is 28.7. The van der Waals surface area contributed by atoms with E-state index in [-0.39, 0.29) is 29.1 Å². The average molecular weight is 591 g/mol. The Morgan fingerprint density at radius 3 is 2.15 bits per heavy atom. The van der Waals surface area contributed by atoms with E-state index in [9.17, 15) is 18.0 Å². The number of benzene rings is 3. The van der Waals surface area contributed by atoms with Gasteiger partial charge in [-0.05, 0) is 74.7 Å². The van der Waals surface area contributed by atoms with Gasteiger partial charge in [0.25, 0.3) is 10.0 Å². The zero-order valence-electron chi connectivity index (χ0n) is 22.4. The van der Waals surface area contributed by atoms with Crippen molar-refractivity contribution in [1.29, 1.82) is 0 Å². The van der Waals surface area contributed by atoms with Crippen LogP contribution in [-0.2, 0) is 26.2 Å². The van der Waals surface area contributed by atoms with E-state index in [1.165, 1.54) is 17.0 Å². The van der Waals surface area contributed by atoms with Gasteiger partial charge in [0.05, 0.1) is 10.6 Å². The van der Waals surface area contributed by atoms with Crippen LogP contribution in [0, 0.1) is 6.92 Å². The van der Waals surface area contributed by atoms with Gasteiger partial charge in [-0.15, -0.1) is 0 Å². The van der Waals surface area contributed by atoms with Crippen LogP contribution in [0.15, 0.2) is 77.7 Å². The summed E-state index contributed by atoms with van der Waals surface area (Å²) in [6.45, 7) is 6.75. The molecule has 0 aromatic heterocycles. The number of amides is 2. The monoisotopic (exact) mass is 589 g/mol. The molecule has 1 atom stereocenters. The van der Waals surface area contributed by atoms with Crippen molar-refractivity contribution >= 4 is 50.7 Å². The molecule has 10 heteroatoms. The summed E-state index contributed by atoms with van der Waals surface area (Å²) in [5, 5.41) is 3.79. The highest BCUT2D eigenvalue weighted by molar-refractivity contribution is 7.92. The maximum atomic E-state index is 14.0. The Hall–Kier alpha value is -3.07. The van der Waals surface area contributed by atoms with Crippen molar-refractivity contribution in [2.45, 2.75) is 57.6 Å². The molecule has 0 aliphatic heterocycles. The molecular weight excluding hydrogens is 557 g/mol. The summed E-state index contributed by atoms with van der Waals surface area (Å²) in [6.07, 6.45) is 0.333. The molecule has 3 aromatic carbocycles. The first-order chi connectivity index (χ1) is 18.4. The fraction of sp³-hybridized carbons (Fsp3) is 0.310. The number of sulfonamides is 1. The van der Waals surface area contributed by atoms with Crippen LogP contribution in [0.1, 0.15) is 38.3 Å². The number of hydrogen-bond acceptors (Lipinski definition) is 4. The smallest absolute Gasteiger partial charge is 0.264 e. The molecular formula is C29H33Cl2N3O4S. The van der Waals surface area contributed by atoms with Crippen LogP contribution in [0.25, 0.3) is 0 Å². The van der Waals surface area contributed by atoms with Crippen molar-refractivity contribution in [1.82, 2.24) is 10.2 Å². The van der Waals surface area contributed by atoms with Crippen molar-refractivity contribution in [3.05, 3.63) is 94.0 Å². The molecule has 0 bridgehead atoms. The van der Waals surface area contributed by atoms with Gasteiger partial charge in [0.15, 0.2) is 0 Å². The van der Waals surface area contributed by atoms with Gasteiger partial charge in [-0.3, -0.25) is 13.9 Å². The molecule has 0 aliphatic carbocycles. The number of nitrogens with zero attached hydrogens (tertiary/aromatic N) is 2. The lowest BCUT2D eigenvalue weighted by molar-refractivity contribution is -0.140. The van der Waals surface area contributed by atoms with Crippen LogP contribution in [0.4, 0.5) is 5.69 Å². The second kappa shape index (κ2) is 13.3. The molecule has 0 aliphatic rings. The fourth-order valence-electron chi connectivity index (χ4n) is 4.19. The summed E-state index contributed by atoms with van der Waals surface area (Å²) in [5.74, 6) is -0.846. The second-order valence-electron chi connectivity index (χ2n) is 9.44. The van der Waals surface area contributed by atoms with E-state index in [4.69, 9.17) is 23.2 Å². The summed E-state index contributed by atoms with van der Waals surface area (Å²) < 4.78 is 28.8. The van der Waals surface area contributed by atoms with E-state index in [1.54, 1.807) is 67.6 Å². The Morgan fingerprint density at radius 2 is 1.56 bits per heavy atom. The Bertz CT molecular complexity index is 1400. The maximum Gasteiger partial charge on any atom is 0.264 e. The first-order valence-corrected chi connectivity index (χ1v) is 14.8. The minimum atomic E-state index is -4.16. The first-order valence-electron chi connectivity index (χ1n) is 12.6. The molecule has 2 amide bonds. The second-order valence-corrected chi connectivity index (χ2v) is 12.2. The van der Waals surface area contributed by atoms with Crippen molar-refractivity contribution in [2.24, 2.45) is 0 Å². The SMILES string of the molecule is CC[C@H](C(=O)NC(C)C)N(Cc1ccc(Cl)cc1)C(=O)CN(c1cccc(Cl)c1C)S(=O)(=O)c1ccccc1. The normalized spacial score (nSPS) is 12.2. The summed E-state index contributed by atoms with van der Waals surface area (Å²) in [7, 11) is -4.16. The van der Waals surface area contributed by atoms with Gasteiger partial charge in [0, 0.05) is 22.6 Å². The zero-order valence-corrected chi connectivity index (χ0v) is 24.7. The van der Waals surface area contributed by atoms with Crippen LogP contribution in [-0.4, -0.2) is 43.8 Å². The van der Waals surface area contributed by atoms with Crippen LogP contribution in [0.5, 0.6) is 0 Å². The quantitative estimate of drug-likeness (QED) is 0.305. The fourth-order valence-corrected chi connectivity index (χ4v) is 5.97. The van der Waals surface area contributed by atoms with Gasteiger partial charge >= 0.3 is 0 Å². The molecule has 0 heterocycles. The molecule has 208 valence electrons. The number of rotatable bonds is 11. The predicted molar refractivity (Wildman–Crippen MR) is 157 cm³/mol. The summed E-state index contributed by atoms with van der Waals surface area (Å²) in [6, 6.07) is 18.8. The standard InChI is InChI=1S/C29H33Cl2N3O4S/c1-5-26(29(36)32-20(2)3)33(18-22-14-16-23(30)17-15-22)28(35)19-34(27-13-9-12-25(31)21(27)4)39(37,38)24-10-7-6-8-11-24/h6-17,20,26H,5,18-19H2,1-4H3,(H,32,36)/t26-/m1/s1. The van der Waals surface area contributed by atoms with Gasteiger partial charge in [-0.1, -0.05) is 66.5 Å². The van der Waals surface area contributed by atoms with Crippen LogP contribution in [0.2, 0.25) is 10.0 Å². The minimum Gasteiger partial charge on any atom is -0.352 e. The Morgan fingerprint density at radius 1 is 0.923 bits per heavy atom. The van der Waals surface area contributed by atoms with E-state index in [0.29, 0.717) is 22.0 Å². The van der Waals surface area contributed by atoms with Gasteiger partial charge in [-0.25, -0.2) is 8.42 Å². The van der Waals surface area contributed by atoms with Crippen molar-refractivity contribution in [3.63, 3.8) is 0 Å². The molecule has 7 nitrogen and oxygen atoms in total. The number of hydrogen-bond donors (Lipinski definition) is 1. The third kappa shape index (κ3) is 7.53. The van der Waals surface area contributed by atoms with Gasteiger partial charge in [0.1, 0.15) is 12.6 Å². The molecule has 1 N–H and O–H groups in total. The molecule has 3 rings (SSSR count).